The number of hydrogen-bond acceptors (Lipinski definition) is 6. The molecule has 0 amide bonds. The first-order chi connectivity index (χ1) is 13.4. The normalized spacial score (nSPS) is 10.6. The third-order valence-corrected chi connectivity index (χ3v) is 4.24. The van der Waals surface area contributed by atoms with Crippen molar-refractivity contribution in [2.75, 3.05) is 0 Å². The van der Waals surface area contributed by atoms with Crippen LogP contribution in [0, 0.1) is 30.3 Å². The Bertz CT molecular complexity index is 946. The molecular formula is C19H13N3O6. The first-order valence-electron chi connectivity index (χ1n) is 8.10. The third kappa shape index (κ3) is 3.83. The highest BCUT2D eigenvalue weighted by Crippen LogP contribution is 2.36. The van der Waals surface area contributed by atoms with E-state index < -0.39 is 20.7 Å². The minimum absolute atomic E-state index is 0.140. The van der Waals surface area contributed by atoms with Gasteiger partial charge in [0.15, 0.2) is 0 Å². The van der Waals surface area contributed by atoms with Crippen LogP contribution in [0.1, 0.15) is 22.6 Å². The molecular weight excluding hydrogens is 366 g/mol. The van der Waals surface area contributed by atoms with Crippen molar-refractivity contribution in [1.29, 1.82) is 0 Å². The maximum atomic E-state index is 11.2. The van der Waals surface area contributed by atoms with Crippen LogP contribution in [0.2, 0.25) is 0 Å². The number of rotatable bonds is 6. The minimum atomic E-state index is -0.653. The fourth-order valence-corrected chi connectivity index (χ4v) is 3.03. The van der Waals surface area contributed by atoms with Gasteiger partial charge in [0.05, 0.1) is 14.8 Å². The van der Waals surface area contributed by atoms with Crippen molar-refractivity contribution >= 4 is 17.1 Å². The molecule has 140 valence electrons. The predicted octanol–water partition coefficient (Wildman–Crippen LogP) is 4.59. The third-order valence-electron chi connectivity index (χ3n) is 4.24. The second-order valence-electron chi connectivity index (χ2n) is 5.99. The smallest absolute Gasteiger partial charge is 0.258 e. The maximum Gasteiger partial charge on any atom is 0.269 e. The Balaban J connectivity index is 2.22. The van der Waals surface area contributed by atoms with E-state index in [-0.39, 0.29) is 17.1 Å². The number of nitrogens with zero attached hydrogens (tertiary/aromatic N) is 3. The maximum absolute atomic E-state index is 11.2. The highest BCUT2D eigenvalue weighted by molar-refractivity contribution is 5.51. The van der Waals surface area contributed by atoms with E-state index in [9.17, 15) is 30.3 Å². The summed E-state index contributed by atoms with van der Waals surface area (Å²) in [5.41, 5.74) is 1.07. The zero-order valence-corrected chi connectivity index (χ0v) is 14.3. The lowest BCUT2D eigenvalue weighted by Gasteiger charge is -2.18. The summed E-state index contributed by atoms with van der Waals surface area (Å²) < 4.78 is 0. The summed E-state index contributed by atoms with van der Waals surface area (Å²) in [5.74, 6) is -0.653. The fraction of sp³-hybridized carbons (Fsp3) is 0.0526. The summed E-state index contributed by atoms with van der Waals surface area (Å²) in [6.45, 7) is 0. The molecule has 3 aromatic carbocycles. The van der Waals surface area contributed by atoms with Gasteiger partial charge in [-0.05, 0) is 16.7 Å². The molecule has 0 unspecified atom stereocenters. The van der Waals surface area contributed by atoms with Crippen LogP contribution in [-0.4, -0.2) is 14.8 Å². The molecule has 0 bridgehead atoms. The van der Waals surface area contributed by atoms with Gasteiger partial charge in [0.25, 0.3) is 17.1 Å². The molecule has 0 N–H and O–H groups in total. The van der Waals surface area contributed by atoms with Gasteiger partial charge < -0.3 is 0 Å². The monoisotopic (exact) mass is 379 g/mol. The van der Waals surface area contributed by atoms with Crippen LogP contribution in [0.5, 0.6) is 0 Å². The van der Waals surface area contributed by atoms with Crippen LogP contribution in [0.3, 0.4) is 0 Å². The Labute approximate surface area is 158 Å². The van der Waals surface area contributed by atoms with Crippen molar-refractivity contribution in [3.63, 3.8) is 0 Å². The molecule has 0 aliphatic rings. The lowest BCUT2D eigenvalue weighted by molar-refractivity contribution is -0.385. The van der Waals surface area contributed by atoms with Crippen LogP contribution in [0.15, 0.2) is 72.8 Å². The van der Waals surface area contributed by atoms with E-state index >= 15 is 0 Å². The van der Waals surface area contributed by atoms with Crippen molar-refractivity contribution in [2.24, 2.45) is 0 Å². The molecule has 3 rings (SSSR count). The highest BCUT2D eigenvalue weighted by atomic mass is 16.6. The molecule has 9 nitrogen and oxygen atoms in total. The van der Waals surface area contributed by atoms with Crippen LogP contribution in [0.4, 0.5) is 17.1 Å². The lowest BCUT2D eigenvalue weighted by atomic mass is 9.84. The van der Waals surface area contributed by atoms with Gasteiger partial charge in [0, 0.05) is 42.3 Å². The predicted molar refractivity (Wildman–Crippen MR) is 100 cm³/mol. The average Bonchev–Trinajstić information content (AvgIpc) is 2.69. The van der Waals surface area contributed by atoms with Crippen molar-refractivity contribution in [1.82, 2.24) is 0 Å². The first-order valence-corrected chi connectivity index (χ1v) is 8.10. The molecule has 9 heteroatoms. The fourth-order valence-electron chi connectivity index (χ4n) is 3.03. The van der Waals surface area contributed by atoms with Gasteiger partial charge in [0.2, 0.25) is 0 Å². The molecule has 3 aromatic rings. The van der Waals surface area contributed by atoms with Crippen molar-refractivity contribution in [3.05, 3.63) is 120 Å². The first kappa shape index (κ1) is 18.6. The van der Waals surface area contributed by atoms with E-state index in [2.05, 4.69) is 0 Å². The number of benzene rings is 3. The summed E-state index contributed by atoms with van der Waals surface area (Å²) in [5, 5.41) is 33.5. The van der Waals surface area contributed by atoms with Gasteiger partial charge in [-0.1, -0.05) is 36.4 Å². The molecule has 0 atom stereocenters. The summed E-state index contributed by atoms with van der Waals surface area (Å²) in [4.78, 5) is 31.9. The molecule has 0 aliphatic heterocycles. The average molecular weight is 379 g/mol. The lowest BCUT2D eigenvalue weighted by Crippen LogP contribution is -2.05. The van der Waals surface area contributed by atoms with Crippen molar-refractivity contribution < 1.29 is 14.8 Å². The Morgan fingerprint density at radius 2 is 0.821 bits per heavy atom. The molecule has 0 saturated heterocycles. The number of nitro benzene ring substituents is 3. The summed E-state index contributed by atoms with van der Waals surface area (Å²) >= 11 is 0. The summed E-state index contributed by atoms with van der Waals surface area (Å²) in [6.07, 6.45) is 0. The van der Waals surface area contributed by atoms with E-state index in [1.54, 1.807) is 18.2 Å². The van der Waals surface area contributed by atoms with Gasteiger partial charge in [-0.15, -0.1) is 0 Å². The second-order valence-corrected chi connectivity index (χ2v) is 5.99. The summed E-state index contributed by atoms with van der Waals surface area (Å²) in [6, 6.07) is 17.6. The molecule has 0 heterocycles. The van der Waals surface area contributed by atoms with E-state index in [0.29, 0.717) is 16.7 Å². The topological polar surface area (TPSA) is 129 Å². The standard InChI is InChI=1S/C19H13N3O6/c23-20(24)16-7-1-4-13(10-16)19(14-5-2-8-17(11-14)21(25)26)15-6-3-9-18(12-15)22(27)28/h1-12,19H. The largest absolute Gasteiger partial charge is 0.269 e. The zero-order chi connectivity index (χ0) is 20.3. The Kier molecular flexibility index (Phi) is 5.07. The zero-order valence-electron chi connectivity index (χ0n) is 14.3. The SMILES string of the molecule is O=[N+]([O-])c1cccc(C(c2cccc([N+](=O)[O-])c2)c2cccc([N+](=O)[O-])c2)c1. The molecule has 0 fully saturated rings. The minimum Gasteiger partial charge on any atom is -0.258 e. The van der Waals surface area contributed by atoms with Gasteiger partial charge in [-0.2, -0.15) is 0 Å². The van der Waals surface area contributed by atoms with E-state index in [1.165, 1.54) is 54.6 Å². The van der Waals surface area contributed by atoms with Crippen LogP contribution < -0.4 is 0 Å². The Morgan fingerprint density at radius 3 is 1.07 bits per heavy atom. The van der Waals surface area contributed by atoms with Crippen LogP contribution >= 0.6 is 0 Å². The van der Waals surface area contributed by atoms with Crippen molar-refractivity contribution in [3.8, 4) is 0 Å². The molecule has 0 saturated carbocycles. The van der Waals surface area contributed by atoms with Crippen LogP contribution in [-0.2, 0) is 0 Å². The van der Waals surface area contributed by atoms with Gasteiger partial charge in [-0.25, -0.2) is 0 Å². The number of non-ortho nitro benzene ring substituents is 3. The molecule has 0 aliphatic carbocycles. The molecule has 28 heavy (non-hydrogen) atoms. The van der Waals surface area contributed by atoms with Gasteiger partial charge in [0.1, 0.15) is 0 Å². The van der Waals surface area contributed by atoms with E-state index in [4.69, 9.17) is 0 Å². The second kappa shape index (κ2) is 7.62. The molecule has 0 aromatic heterocycles. The molecule has 0 spiro atoms. The van der Waals surface area contributed by atoms with Gasteiger partial charge >= 0.3 is 0 Å². The quantitative estimate of drug-likeness (QED) is 0.350. The Hall–Kier alpha value is -4.14. The van der Waals surface area contributed by atoms with Gasteiger partial charge in [-0.3, -0.25) is 30.3 Å². The van der Waals surface area contributed by atoms with E-state index in [0.717, 1.165) is 0 Å². The highest BCUT2D eigenvalue weighted by Gasteiger charge is 2.22. The molecule has 0 radical (unpaired) electrons. The van der Waals surface area contributed by atoms with E-state index in [1.807, 2.05) is 0 Å². The Morgan fingerprint density at radius 1 is 0.536 bits per heavy atom. The van der Waals surface area contributed by atoms with Crippen molar-refractivity contribution in [2.45, 2.75) is 5.92 Å². The number of hydrogen-bond donors (Lipinski definition) is 0. The summed E-state index contributed by atoms with van der Waals surface area (Å²) in [7, 11) is 0. The van der Waals surface area contributed by atoms with Crippen LogP contribution in [0.25, 0.3) is 0 Å². The number of nitro groups is 3.